The third kappa shape index (κ3) is 19.0. The maximum Gasteiger partial charge on any atom is 0.500 e. The van der Waals surface area contributed by atoms with E-state index in [-0.39, 0.29) is 0 Å². The lowest BCUT2D eigenvalue weighted by Crippen LogP contribution is -2.43. The van der Waals surface area contributed by atoms with E-state index in [1.165, 1.54) is 50.9 Å². The highest BCUT2D eigenvalue weighted by atomic mass is 28.4. The average Bonchev–Trinajstić information content (AvgIpc) is 2.65. The van der Waals surface area contributed by atoms with Crippen molar-refractivity contribution in [2.75, 3.05) is 27.9 Å². The van der Waals surface area contributed by atoms with E-state index in [9.17, 15) is 0 Å². The van der Waals surface area contributed by atoms with Gasteiger partial charge in [0.2, 0.25) is 0 Å². The lowest BCUT2D eigenvalue weighted by Gasteiger charge is -2.25. The van der Waals surface area contributed by atoms with Gasteiger partial charge in [-0.25, -0.2) is 0 Å². The fourth-order valence-electron chi connectivity index (χ4n) is 2.42. The summed E-state index contributed by atoms with van der Waals surface area (Å²) in [5.41, 5.74) is 8.31. The molecule has 0 aromatic heterocycles. The molecule has 0 heterocycles. The van der Waals surface area contributed by atoms with Crippen LogP contribution in [-0.4, -0.2) is 42.7 Å². The van der Waals surface area contributed by atoms with E-state index in [1.54, 1.807) is 21.3 Å². The molecule has 0 saturated carbocycles. The van der Waals surface area contributed by atoms with Crippen molar-refractivity contribution in [3.63, 3.8) is 0 Å². The van der Waals surface area contributed by atoms with Crippen LogP contribution < -0.4 is 16.8 Å². The first kappa shape index (κ1) is 29.4. The highest BCUT2D eigenvalue weighted by Crippen LogP contribution is 2.15. The van der Waals surface area contributed by atoms with E-state index in [1.807, 2.05) is 0 Å². The normalized spacial score (nSPS) is 10.0. The van der Waals surface area contributed by atoms with Crippen LogP contribution in [0.1, 0.15) is 58.8 Å². The SMILES string of the molecule is CCCCC(CCCC)NCCC[Si](OC)(OC)OC.N#CN.N#CN. The van der Waals surface area contributed by atoms with Gasteiger partial charge in [0.25, 0.3) is 0 Å². The molecule has 0 aromatic rings. The highest BCUT2D eigenvalue weighted by molar-refractivity contribution is 6.60. The molecule has 154 valence electrons. The van der Waals surface area contributed by atoms with Gasteiger partial charge in [-0.3, -0.25) is 0 Å². The number of unbranched alkanes of at least 4 members (excludes halogenated alkanes) is 2. The standard InChI is InChI=1S/C15H35NO3Si.2CH2N2/c1-6-8-11-15(12-9-7-2)16-13-10-14-20(17-3,18-4)19-5;2*2-1-3/h15-16H,6-14H2,1-5H3;2*2H2. The van der Waals surface area contributed by atoms with Gasteiger partial charge in [-0.2, -0.15) is 10.5 Å². The average molecular weight is 390 g/mol. The lowest BCUT2D eigenvalue weighted by atomic mass is 10.0. The van der Waals surface area contributed by atoms with Gasteiger partial charge < -0.3 is 30.1 Å². The molecule has 0 aliphatic carbocycles. The number of nitrogens with two attached hydrogens (primary N) is 2. The van der Waals surface area contributed by atoms with E-state index < -0.39 is 8.80 Å². The predicted molar refractivity (Wildman–Crippen MR) is 107 cm³/mol. The number of hydrogen-bond donors (Lipinski definition) is 3. The van der Waals surface area contributed by atoms with Crippen LogP contribution in [-0.2, 0) is 13.3 Å². The molecule has 0 amide bonds. The maximum absolute atomic E-state index is 7.10. The second-order valence-corrected chi connectivity index (χ2v) is 8.68. The van der Waals surface area contributed by atoms with Crippen LogP contribution >= 0.6 is 0 Å². The summed E-state index contributed by atoms with van der Waals surface area (Å²) in [6.45, 7) is 5.53. The molecule has 0 saturated heterocycles. The molecule has 0 aliphatic heterocycles. The molecule has 0 aromatic carbocycles. The summed E-state index contributed by atoms with van der Waals surface area (Å²) in [6, 6.07) is 1.54. The van der Waals surface area contributed by atoms with Gasteiger partial charge in [0.05, 0.1) is 0 Å². The third-order valence-corrected chi connectivity index (χ3v) is 6.67. The van der Waals surface area contributed by atoms with Gasteiger partial charge in [0.15, 0.2) is 12.4 Å². The summed E-state index contributed by atoms with van der Waals surface area (Å²) < 4.78 is 16.3. The monoisotopic (exact) mass is 389 g/mol. The summed E-state index contributed by atoms with van der Waals surface area (Å²) in [5.74, 6) is 0. The molecule has 9 heteroatoms. The number of nitrogens with zero attached hydrogens (tertiary/aromatic N) is 2. The second kappa shape index (κ2) is 23.6. The highest BCUT2D eigenvalue weighted by Gasteiger charge is 2.36. The van der Waals surface area contributed by atoms with Crippen molar-refractivity contribution in [2.24, 2.45) is 11.5 Å². The summed E-state index contributed by atoms with van der Waals surface area (Å²) in [4.78, 5) is 0. The summed E-state index contributed by atoms with van der Waals surface area (Å²) in [6.07, 6.45) is 11.3. The van der Waals surface area contributed by atoms with E-state index in [4.69, 9.17) is 23.8 Å². The molecular weight excluding hydrogens is 350 g/mol. The van der Waals surface area contributed by atoms with Gasteiger partial charge in [-0.05, 0) is 25.8 Å². The van der Waals surface area contributed by atoms with E-state index >= 15 is 0 Å². The first-order chi connectivity index (χ1) is 12.5. The Morgan fingerprint density at radius 2 is 1.27 bits per heavy atom. The summed E-state index contributed by atoms with van der Waals surface area (Å²) >= 11 is 0. The molecule has 0 spiro atoms. The zero-order chi connectivity index (χ0) is 20.7. The molecule has 0 aliphatic rings. The number of hydrogen-bond acceptors (Lipinski definition) is 8. The van der Waals surface area contributed by atoms with Crippen molar-refractivity contribution in [1.82, 2.24) is 5.32 Å². The smallest absolute Gasteiger partial charge is 0.377 e. The summed E-state index contributed by atoms with van der Waals surface area (Å²) in [7, 11) is 2.66. The molecule has 8 nitrogen and oxygen atoms in total. The maximum atomic E-state index is 7.10. The van der Waals surface area contributed by atoms with Crippen molar-refractivity contribution in [3.05, 3.63) is 0 Å². The minimum absolute atomic E-state index is 0.665. The van der Waals surface area contributed by atoms with E-state index in [2.05, 4.69) is 30.6 Å². The molecule has 0 atom stereocenters. The van der Waals surface area contributed by atoms with Crippen molar-refractivity contribution in [1.29, 1.82) is 10.5 Å². The molecule has 0 fully saturated rings. The molecule has 0 unspecified atom stereocenters. The minimum Gasteiger partial charge on any atom is -0.377 e. The van der Waals surface area contributed by atoms with Gasteiger partial charge in [0, 0.05) is 33.4 Å². The zero-order valence-electron chi connectivity index (χ0n) is 17.2. The Kier molecular flexibility index (Phi) is 26.7. The summed E-state index contributed by atoms with van der Waals surface area (Å²) in [5, 5.41) is 17.9. The first-order valence-corrected chi connectivity index (χ1v) is 11.0. The van der Waals surface area contributed by atoms with Crippen LogP contribution in [0.2, 0.25) is 6.04 Å². The predicted octanol–water partition coefficient (Wildman–Crippen LogP) is 2.45. The van der Waals surface area contributed by atoms with Crippen LogP contribution in [0.5, 0.6) is 0 Å². The Hall–Kier alpha value is -1.36. The minimum atomic E-state index is -2.38. The van der Waals surface area contributed by atoms with Crippen molar-refractivity contribution < 1.29 is 13.3 Å². The van der Waals surface area contributed by atoms with E-state index in [0.717, 1.165) is 19.0 Å². The van der Waals surface area contributed by atoms with Crippen molar-refractivity contribution in [3.8, 4) is 12.4 Å². The van der Waals surface area contributed by atoms with Crippen molar-refractivity contribution >= 4 is 8.80 Å². The lowest BCUT2D eigenvalue weighted by molar-refractivity contribution is 0.123. The zero-order valence-corrected chi connectivity index (χ0v) is 18.2. The van der Waals surface area contributed by atoms with Crippen molar-refractivity contribution in [2.45, 2.75) is 70.9 Å². The molecule has 0 radical (unpaired) electrons. The fraction of sp³-hybridized carbons (Fsp3) is 0.882. The van der Waals surface area contributed by atoms with Crippen LogP contribution in [0, 0.1) is 22.9 Å². The Bertz CT molecular complexity index is 329. The third-order valence-electron chi connectivity index (χ3n) is 3.84. The first-order valence-electron chi connectivity index (χ1n) is 9.09. The largest absolute Gasteiger partial charge is 0.500 e. The number of nitriles is 2. The quantitative estimate of drug-likeness (QED) is 0.178. The van der Waals surface area contributed by atoms with Crippen LogP contribution in [0.3, 0.4) is 0 Å². The molecule has 0 rings (SSSR count). The Labute approximate surface area is 161 Å². The molecule has 0 bridgehead atoms. The molecular formula is C17H39N5O3Si. The second-order valence-electron chi connectivity index (χ2n) is 5.59. The van der Waals surface area contributed by atoms with E-state index in [0.29, 0.717) is 6.04 Å². The molecule has 26 heavy (non-hydrogen) atoms. The van der Waals surface area contributed by atoms with Gasteiger partial charge in [-0.1, -0.05) is 39.5 Å². The number of nitrogens with one attached hydrogen (secondary N) is 1. The van der Waals surface area contributed by atoms with Gasteiger partial charge in [-0.15, -0.1) is 0 Å². The molecule has 5 N–H and O–H groups in total. The Balaban J connectivity index is -0.000000768. The van der Waals surface area contributed by atoms with Gasteiger partial charge >= 0.3 is 8.80 Å². The van der Waals surface area contributed by atoms with Gasteiger partial charge in [0.1, 0.15) is 0 Å². The fourth-order valence-corrected chi connectivity index (χ4v) is 4.14. The van der Waals surface area contributed by atoms with Crippen LogP contribution in [0.15, 0.2) is 0 Å². The Morgan fingerprint density at radius 3 is 1.58 bits per heavy atom. The topological polar surface area (TPSA) is 139 Å². The Morgan fingerprint density at radius 1 is 0.885 bits per heavy atom. The van der Waals surface area contributed by atoms with Crippen LogP contribution in [0.4, 0.5) is 0 Å². The van der Waals surface area contributed by atoms with Crippen LogP contribution in [0.25, 0.3) is 0 Å². The number of rotatable bonds is 14.